The van der Waals surface area contributed by atoms with Gasteiger partial charge in [0.2, 0.25) is 5.82 Å². The summed E-state index contributed by atoms with van der Waals surface area (Å²) in [7, 11) is 3.15. The van der Waals surface area contributed by atoms with Crippen LogP contribution in [0.5, 0.6) is 11.5 Å². The number of fused-ring (bicyclic) bond motifs is 1. The van der Waals surface area contributed by atoms with Crippen LogP contribution in [0.2, 0.25) is 0 Å². The van der Waals surface area contributed by atoms with Gasteiger partial charge in [0.15, 0.2) is 11.5 Å². The Morgan fingerprint density at radius 2 is 1.92 bits per heavy atom. The maximum absolute atomic E-state index is 12.8. The monoisotopic (exact) mass is 413 g/mol. The molecule has 0 bridgehead atoms. The molecule has 6 nitrogen and oxygen atoms in total. The molecule has 0 fully saturated rings. The van der Waals surface area contributed by atoms with E-state index in [2.05, 4.69) is 20.9 Å². The molecule has 0 aliphatic rings. The molecule has 0 aliphatic heterocycles. The van der Waals surface area contributed by atoms with Gasteiger partial charge in [0.05, 0.1) is 25.1 Å². The van der Waals surface area contributed by atoms with E-state index in [4.69, 9.17) is 9.47 Å². The summed E-state index contributed by atoms with van der Waals surface area (Å²) in [6.07, 6.45) is 0.552. The lowest BCUT2D eigenvalue weighted by Gasteiger charge is -2.12. The topological polar surface area (TPSA) is 77.1 Å². The standard InChI is InChI=1S/C19H16BrN3O3/c1-25-16-6-3-12(9-17(16)26-2)7-8-23-18(11-21)22-15-5-4-13(20)10-14(15)19(23)24/h3-6,9-10H,7-8H2,1-2H3. The van der Waals surface area contributed by atoms with Gasteiger partial charge in [-0.2, -0.15) is 5.26 Å². The third-order valence-electron chi connectivity index (χ3n) is 4.09. The summed E-state index contributed by atoms with van der Waals surface area (Å²) < 4.78 is 12.7. The largest absolute Gasteiger partial charge is 0.493 e. The van der Waals surface area contributed by atoms with Crippen molar-refractivity contribution in [2.45, 2.75) is 13.0 Å². The number of hydrogen-bond donors (Lipinski definition) is 0. The highest BCUT2D eigenvalue weighted by Gasteiger charge is 2.12. The van der Waals surface area contributed by atoms with Crippen molar-refractivity contribution in [1.82, 2.24) is 9.55 Å². The Bertz CT molecular complexity index is 1070. The molecular formula is C19H16BrN3O3. The number of halogens is 1. The molecule has 0 radical (unpaired) electrons. The van der Waals surface area contributed by atoms with Crippen molar-refractivity contribution >= 4 is 26.8 Å². The molecule has 26 heavy (non-hydrogen) atoms. The van der Waals surface area contributed by atoms with Gasteiger partial charge in [-0.3, -0.25) is 9.36 Å². The maximum Gasteiger partial charge on any atom is 0.262 e. The van der Waals surface area contributed by atoms with Gasteiger partial charge in [-0.15, -0.1) is 0 Å². The number of nitrogens with zero attached hydrogens (tertiary/aromatic N) is 3. The first-order chi connectivity index (χ1) is 12.6. The zero-order valence-electron chi connectivity index (χ0n) is 14.3. The first-order valence-corrected chi connectivity index (χ1v) is 8.67. The molecule has 0 aliphatic carbocycles. The molecule has 0 N–H and O–H groups in total. The minimum atomic E-state index is -0.228. The Hall–Kier alpha value is -2.85. The highest BCUT2D eigenvalue weighted by atomic mass is 79.9. The predicted molar refractivity (Wildman–Crippen MR) is 102 cm³/mol. The zero-order chi connectivity index (χ0) is 18.7. The number of benzene rings is 2. The van der Waals surface area contributed by atoms with Crippen molar-refractivity contribution in [2.24, 2.45) is 0 Å². The Kier molecular flexibility index (Phi) is 5.24. The van der Waals surface area contributed by atoms with Crippen molar-refractivity contribution in [3.05, 3.63) is 62.6 Å². The molecule has 0 atom stereocenters. The van der Waals surface area contributed by atoms with E-state index in [1.807, 2.05) is 24.3 Å². The first-order valence-electron chi connectivity index (χ1n) is 7.88. The number of rotatable bonds is 5. The average molecular weight is 414 g/mol. The number of nitriles is 1. The zero-order valence-corrected chi connectivity index (χ0v) is 15.9. The summed E-state index contributed by atoms with van der Waals surface area (Å²) in [5, 5.41) is 9.86. The Morgan fingerprint density at radius 1 is 1.15 bits per heavy atom. The fourth-order valence-corrected chi connectivity index (χ4v) is 3.12. The van der Waals surface area contributed by atoms with Gasteiger partial charge in [-0.05, 0) is 42.3 Å². The summed E-state index contributed by atoms with van der Waals surface area (Å²) in [4.78, 5) is 17.1. The third kappa shape index (κ3) is 3.41. The van der Waals surface area contributed by atoms with Gasteiger partial charge < -0.3 is 9.47 Å². The number of ether oxygens (including phenoxy) is 2. The highest BCUT2D eigenvalue weighted by Crippen LogP contribution is 2.27. The van der Waals surface area contributed by atoms with Gasteiger partial charge in [0.25, 0.3) is 5.56 Å². The van der Waals surface area contributed by atoms with Gasteiger partial charge >= 0.3 is 0 Å². The normalized spacial score (nSPS) is 10.5. The van der Waals surface area contributed by atoms with Crippen LogP contribution in [0.3, 0.4) is 0 Å². The van der Waals surface area contributed by atoms with E-state index in [0.29, 0.717) is 35.4 Å². The van der Waals surface area contributed by atoms with E-state index in [-0.39, 0.29) is 11.4 Å². The molecule has 132 valence electrons. The summed E-state index contributed by atoms with van der Waals surface area (Å²) in [6, 6.07) is 12.8. The van der Waals surface area contributed by atoms with Crippen LogP contribution in [0, 0.1) is 11.3 Å². The van der Waals surface area contributed by atoms with Crippen molar-refractivity contribution < 1.29 is 9.47 Å². The van der Waals surface area contributed by atoms with Crippen molar-refractivity contribution in [2.75, 3.05) is 14.2 Å². The van der Waals surface area contributed by atoms with Crippen LogP contribution < -0.4 is 15.0 Å². The highest BCUT2D eigenvalue weighted by molar-refractivity contribution is 9.10. The summed E-state index contributed by atoms with van der Waals surface area (Å²) in [5.41, 5.74) is 1.25. The molecular weight excluding hydrogens is 398 g/mol. The van der Waals surface area contributed by atoms with Crippen molar-refractivity contribution in [1.29, 1.82) is 5.26 Å². The second-order valence-electron chi connectivity index (χ2n) is 5.60. The first kappa shape index (κ1) is 18.0. The summed E-state index contributed by atoms with van der Waals surface area (Å²) in [5.74, 6) is 1.37. The Balaban J connectivity index is 1.97. The van der Waals surface area contributed by atoms with Gasteiger partial charge in [-0.25, -0.2) is 4.98 Å². The second-order valence-corrected chi connectivity index (χ2v) is 6.52. The fourth-order valence-electron chi connectivity index (χ4n) is 2.76. The lowest BCUT2D eigenvalue weighted by atomic mass is 10.1. The van der Waals surface area contributed by atoms with Crippen LogP contribution in [0.4, 0.5) is 0 Å². The van der Waals surface area contributed by atoms with Crippen LogP contribution in [0.25, 0.3) is 10.9 Å². The predicted octanol–water partition coefficient (Wildman–Crippen LogP) is 3.29. The van der Waals surface area contributed by atoms with Gasteiger partial charge in [-0.1, -0.05) is 22.0 Å². The van der Waals surface area contributed by atoms with Crippen LogP contribution in [0.15, 0.2) is 45.7 Å². The van der Waals surface area contributed by atoms with E-state index in [9.17, 15) is 10.1 Å². The van der Waals surface area contributed by atoms with Crippen LogP contribution in [-0.4, -0.2) is 23.8 Å². The SMILES string of the molecule is COc1ccc(CCn2c(C#N)nc3ccc(Br)cc3c2=O)cc1OC. The quantitative estimate of drug-likeness (QED) is 0.641. The van der Waals surface area contributed by atoms with Crippen molar-refractivity contribution in [3.8, 4) is 17.6 Å². The molecule has 3 aromatic rings. The molecule has 0 unspecified atom stereocenters. The van der Waals surface area contributed by atoms with E-state index in [1.54, 1.807) is 32.4 Å². The number of aromatic nitrogens is 2. The average Bonchev–Trinajstić information content (AvgIpc) is 2.67. The van der Waals surface area contributed by atoms with Crippen LogP contribution in [-0.2, 0) is 13.0 Å². The van der Waals surface area contributed by atoms with Gasteiger partial charge in [0, 0.05) is 11.0 Å². The molecule has 7 heteroatoms. The molecule has 3 rings (SSSR count). The summed E-state index contributed by atoms with van der Waals surface area (Å²) in [6.45, 7) is 0.340. The van der Waals surface area contributed by atoms with Crippen molar-refractivity contribution in [3.63, 3.8) is 0 Å². The Labute approximate surface area is 158 Å². The minimum Gasteiger partial charge on any atom is -0.493 e. The van der Waals surface area contributed by atoms with E-state index >= 15 is 0 Å². The number of methoxy groups -OCH3 is 2. The van der Waals surface area contributed by atoms with E-state index < -0.39 is 0 Å². The minimum absolute atomic E-state index is 0.102. The second kappa shape index (κ2) is 7.58. The van der Waals surface area contributed by atoms with Crippen LogP contribution >= 0.6 is 15.9 Å². The lowest BCUT2D eigenvalue weighted by molar-refractivity contribution is 0.354. The molecule has 2 aromatic carbocycles. The lowest BCUT2D eigenvalue weighted by Crippen LogP contribution is -2.25. The van der Waals surface area contributed by atoms with Gasteiger partial charge in [0.1, 0.15) is 6.07 Å². The molecule has 0 spiro atoms. The third-order valence-corrected chi connectivity index (χ3v) is 4.58. The molecule has 1 aromatic heterocycles. The molecule has 0 amide bonds. The molecule has 1 heterocycles. The maximum atomic E-state index is 12.8. The molecule has 0 saturated heterocycles. The number of aryl methyl sites for hydroxylation is 1. The summed E-state index contributed by atoms with van der Waals surface area (Å²) >= 11 is 3.37. The Morgan fingerprint density at radius 3 is 2.62 bits per heavy atom. The molecule has 0 saturated carbocycles. The van der Waals surface area contributed by atoms with E-state index in [0.717, 1.165) is 10.0 Å². The number of hydrogen-bond acceptors (Lipinski definition) is 5. The fraction of sp³-hybridized carbons (Fsp3) is 0.211. The smallest absolute Gasteiger partial charge is 0.262 e. The van der Waals surface area contributed by atoms with E-state index in [1.165, 1.54) is 4.57 Å². The van der Waals surface area contributed by atoms with Crippen LogP contribution in [0.1, 0.15) is 11.4 Å².